The minimum Gasteiger partial charge on any atom is -0.292 e. The van der Waals surface area contributed by atoms with Crippen molar-refractivity contribution in [2.45, 2.75) is 51.6 Å². The molecule has 0 aliphatic carbocycles. The lowest BCUT2D eigenvalue weighted by atomic mass is 9.77. The van der Waals surface area contributed by atoms with E-state index >= 15 is 0 Å². The van der Waals surface area contributed by atoms with Crippen LogP contribution in [0.15, 0.2) is 163 Å². The lowest BCUT2D eigenvalue weighted by molar-refractivity contribution is 0.451. The summed E-state index contributed by atoms with van der Waals surface area (Å²) in [6.07, 6.45) is 3.63. The molecule has 6 aromatic carbocycles. The van der Waals surface area contributed by atoms with Gasteiger partial charge in [0, 0.05) is 12.0 Å². The molecule has 0 unspecified atom stereocenters. The molecule has 8 rings (SSSR count). The Morgan fingerprint density at radius 2 is 1.20 bits per heavy atom. The predicted molar refractivity (Wildman–Crippen MR) is 216 cm³/mol. The Morgan fingerprint density at radius 1 is 0.630 bits per heavy atom. The van der Waals surface area contributed by atoms with Crippen LogP contribution in [0.4, 0.5) is 0 Å². The lowest BCUT2D eigenvalue weighted by Gasteiger charge is -2.36. The van der Waals surface area contributed by atoms with Gasteiger partial charge < -0.3 is 0 Å². The van der Waals surface area contributed by atoms with Crippen molar-refractivity contribution in [3.63, 3.8) is 0 Å². The molecule has 0 aliphatic heterocycles. The molecule has 2 heterocycles. The average molecular weight is 707 g/mol. The Bertz CT molecular complexity index is 2460. The molecule has 2 aromatic heterocycles. The van der Waals surface area contributed by atoms with Gasteiger partial charge in [0.15, 0.2) is 5.82 Å². The third-order valence-electron chi connectivity index (χ3n) is 10.4. The van der Waals surface area contributed by atoms with E-state index in [0.29, 0.717) is 17.8 Å². The summed E-state index contributed by atoms with van der Waals surface area (Å²) in [5.41, 5.74) is 8.15. The van der Waals surface area contributed by atoms with Gasteiger partial charge in [0.25, 0.3) is 5.56 Å². The monoisotopic (exact) mass is 706 g/mol. The summed E-state index contributed by atoms with van der Waals surface area (Å²) in [6, 6.07) is 54.1. The second kappa shape index (κ2) is 15.2. The maximum Gasteiger partial charge on any atom is 0.261 e. The Balaban J connectivity index is 1.22. The van der Waals surface area contributed by atoms with Crippen molar-refractivity contribution in [2.75, 3.05) is 0 Å². The van der Waals surface area contributed by atoms with Gasteiger partial charge in [-0.05, 0) is 74.3 Å². The van der Waals surface area contributed by atoms with Crippen LogP contribution in [0.25, 0.3) is 33.4 Å². The Labute approximate surface area is 315 Å². The number of rotatable bonds is 12. The van der Waals surface area contributed by atoms with Crippen LogP contribution in [0.5, 0.6) is 0 Å². The summed E-state index contributed by atoms with van der Waals surface area (Å²) in [5.74, 6) is 1.48. The van der Waals surface area contributed by atoms with Crippen molar-refractivity contribution in [2.24, 2.45) is 0 Å². The quantitative estimate of drug-likeness (QED) is 0.118. The van der Waals surface area contributed by atoms with E-state index in [1.807, 2.05) is 51.7 Å². The summed E-state index contributed by atoms with van der Waals surface area (Å²) >= 11 is 0. The molecule has 0 saturated heterocycles. The number of benzene rings is 6. The Hall–Kier alpha value is -6.47. The highest BCUT2D eigenvalue weighted by Gasteiger charge is 2.42. The molecule has 0 amide bonds. The minimum absolute atomic E-state index is 0.0152. The fourth-order valence-corrected chi connectivity index (χ4v) is 7.61. The molecule has 8 aromatic rings. The number of aryl methyl sites for hydroxylation is 2. The van der Waals surface area contributed by atoms with Crippen molar-refractivity contribution < 1.29 is 0 Å². The highest BCUT2D eigenvalue weighted by Crippen LogP contribution is 2.43. The van der Waals surface area contributed by atoms with Gasteiger partial charge in [-0.25, -0.2) is 9.67 Å². The third kappa shape index (κ3) is 6.32. The van der Waals surface area contributed by atoms with Gasteiger partial charge in [0.1, 0.15) is 11.4 Å². The molecule has 0 bridgehead atoms. The van der Waals surface area contributed by atoms with E-state index in [-0.39, 0.29) is 5.56 Å². The first kappa shape index (κ1) is 34.6. The average Bonchev–Trinajstić information content (AvgIpc) is 3.73. The second-order valence-corrected chi connectivity index (χ2v) is 13.7. The summed E-state index contributed by atoms with van der Waals surface area (Å²) in [6.45, 7) is 4.72. The molecule has 0 fully saturated rings. The van der Waals surface area contributed by atoms with Gasteiger partial charge in [-0.2, -0.15) is 0 Å². The van der Waals surface area contributed by atoms with Crippen molar-refractivity contribution in [3.05, 3.63) is 202 Å². The SMILES string of the molecule is CCCCc1nc2ccc(CC)cc2c(=O)n1Cc1ccc(-c2ccccc2-c2nnnn2C(c2ccccc2)(c2ccccc2)c2ccccc2)cc1. The lowest BCUT2D eigenvalue weighted by Crippen LogP contribution is -2.39. The van der Waals surface area contributed by atoms with E-state index in [9.17, 15) is 4.79 Å². The van der Waals surface area contributed by atoms with Crippen LogP contribution < -0.4 is 5.56 Å². The molecule has 0 atom stereocenters. The van der Waals surface area contributed by atoms with Gasteiger partial charge in [-0.15, -0.1) is 5.10 Å². The highest BCUT2D eigenvalue weighted by atomic mass is 16.1. The normalized spacial score (nSPS) is 11.6. The fourth-order valence-electron chi connectivity index (χ4n) is 7.61. The Morgan fingerprint density at radius 3 is 1.80 bits per heavy atom. The first-order valence-electron chi connectivity index (χ1n) is 18.8. The van der Waals surface area contributed by atoms with E-state index in [0.717, 1.165) is 81.5 Å². The zero-order chi connectivity index (χ0) is 36.9. The third-order valence-corrected chi connectivity index (χ3v) is 10.4. The number of tetrazole rings is 1. The molecule has 0 N–H and O–H groups in total. The molecular formula is C47H42N6O. The molecule has 0 saturated carbocycles. The van der Waals surface area contributed by atoms with E-state index in [1.165, 1.54) is 0 Å². The molecule has 0 radical (unpaired) electrons. The first-order chi connectivity index (χ1) is 26.6. The van der Waals surface area contributed by atoms with Crippen LogP contribution >= 0.6 is 0 Å². The number of fused-ring (bicyclic) bond motifs is 1. The van der Waals surface area contributed by atoms with Crippen LogP contribution in [0, 0.1) is 0 Å². The number of nitrogens with zero attached hydrogens (tertiary/aromatic N) is 6. The molecule has 54 heavy (non-hydrogen) atoms. The standard InChI is InChI=1S/C47H42N6O/c1-3-5-25-44-48-43-31-28-34(4-2)32-42(43)46(54)52(44)33-35-26-29-36(30-27-35)40-23-15-16-24-41(40)45-49-50-51-53(45)47(37-17-9-6-10-18-37,38-19-11-7-12-20-38)39-21-13-8-14-22-39/h6-24,26-32H,3-5,25,33H2,1-2H3. The number of unbranched alkanes of at least 4 members (excludes halogenated alkanes) is 1. The fraction of sp³-hybridized carbons (Fsp3) is 0.170. The van der Waals surface area contributed by atoms with Gasteiger partial charge in [0.05, 0.1) is 17.4 Å². The summed E-state index contributed by atoms with van der Waals surface area (Å²) in [4.78, 5) is 19.0. The van der Waals surface area contributed by atoms with E-state index in [2.05, 4.69) is 134 Å². The number of hydrogen-bond acceptors (Lipinski definition) is 5. The first-order valence-corrected chi connectivity index (χ1v) is 18.8. The van der Waals surface area contributed by atoms with Crippen molar-refractivity contribution in [1.82, 2.24) is 29.8 Å². The summed E-state index contributed by atoms with van der Waals surface area (Å²) in [7, 11) is 0. The van der Waals surface area contributed by atoms with Crippen LogP contribution in [0.1, 0.15) is 60.3 Å². The second-order valence-electron chi connectivity index (χ2n) is 13.7. The van der Waals surface area contributed by atoms with Gasteiger partial charge in [0.2, 0.25) is 0 Å². The highest BCUT2D eigenvalue weighted by molar-refractivity contribution is 5.81. The van der Waals surface area contributed by atoms with Crippen LogP contribution in [-0.4, -0.2) is 29.8 Å². The summed E-state index contributed by atoms with van der Waals surface area (Å²) < 4.78 is 3.84. The number of aromatic nitrogens is 6. The zero-order valence-corrected chi connectivity index (χ0v) is 30.6. The van der Waals surface area contributed by atoms with E-state index in [4.69, 9.17) is 15.3 Å². The van der Waals surface area contributed by atoms with Crippen molar-refractivity contribution in [3.8, 4) is 22.5 Å². The van der Waals surface area contributed by atoms with Crippen LogP contribution in [0.3, 0.4) is 0 Å². The molecule has 7 nitrogen and oxygen atoms in total. The van der Waals surface area contributed by atoms with Crippen molar-refractivity contribution >= 4 is 10.9 Å². The molecule has 0 spiro atoms. The van der Waals surface area contributed by atoms with Crippen molar-refractivity contribution in [1.29, 1.82) is 0 Å². The maximum absolute atomic E-state index is 14.0. The van der Waals surface area contributed by atoms with Crippen LogP contribution in [0.2, 0.25) is 0 Å². The molecule has 266 valence electrons. The topological polar surface area (TPSA) is 78.5 Å². The van der Waals surface area contributed by atoms with E-state index in [1.54, 1.807) is 0 Å². The molecule has 7 heteroatoms. The molecule has 0 aliphatic rings. The smallest absolute Gasteiger partial charge is 0.261 e. The van der Waals surface area contributed by atoms with E-state index < -0.39 is 5.54 Å². The number of hydrogen-bond donors (Lipinski definition) is 0. The van der Waals surface area contributed by atoms with Gasteiger partial charge >= 0.3 is 0 Å². The Kier molecular flexibility index (Phi) is 9.77. The zero-order valence-electron chi connectivity index (χ0n) is 30.6. The van der Waals surface area contributed by atoms with Gasteiger partial charge in [-0.3, -0.25) is 9.36 Å². The summed E-state index contributed by atoms with van der Waals surface area (Å²) in [5, 5.41) is 14.5. The minimum atomic E-state index is -0.867. The van der Waals surface area contributed by atoms with Crippen LogP contribution in [-0.2, 0) is 24.9 Å². The maximum atomic E-state index is 14.0. The molecular weight excluding hydrogens is 665 g/mol. The largest absolute Gasteiger partial charge is 0.292 e. The predicted octanol–water partition coefficient (Wildman–Crippen LogP) is 9.51. The van der Waals surface area contributed by atoms with Gasteiger partial charge in [-0.1, -0.05) is 166 Å².